The maximum absolute atomic E-state index is 13.6. The number of hydrogen-bond acceptors (Lipinski definition) is 4. The first-order valence-electron chi connectivity index (χ1n) is 11.0. The van der Waals surface area contributed by atoms with Gasteiger partial charge in [0.2, 0.25) is 5.76 Å². The molecule has 0 saturated carbocycles. The van der Waals surface area contributed by atoms with Crippen LogP contribution in [0.3, 0.4) is 0 Å². The van der Waals surface area contributed by atoms with E-state index < -0.39 is 6.04 Å². The fourth-order valence-corrected chi connectivity index (χ4v) is 4.54. The molecule has 5 rings (SSSR count). The molecule has 1 amide bonds. The number of hydrogen-bond donors (Lipinski definition) is 0. The third-order valence-corrected chi connectivity index (χ3v) is 6.21. The van der Waals surface area contributed by atoms with Crippen LogP contribution in [-0.2, 0) is 6.42 Å². The summed E-state index contributed by atoms with van der Waals surface area (Å²) in [7, 11) is 0. The molecule has 6 heteroatoms. The van der Waals surface area contributed by atoms with E-state index in [1.54, 1.807) is 29.2 Å². The van der Waals surface area contributed by atoms with E-state index in [0.717, 1.165) is 11.1 Å². The van der Waals surface area contributed by atoms with Crippen molar-refractivity contribution in [3.63, 3.8) is 0 Å². The van der Waals surface area contributed by atoms with Crippen molar-refractivity contribution in [1.29, 1.82) is 0 Å². The second-order valence-electron chi connectivity index (χ2n) is 8.12. The third kappa shape index (κ3) is 3.99. The Balaban J connectivity index is 1.60. The first kappa shape index (κ1) is 22.0. The lowest BCUT2D eigenvalue weighted by Gasteiger charge is -2.25. The van der Waals surface area contributed by atoms with Crippen molar-refractivity contribution in [2.45, 2.75) is 12.5 Å². The highest BCUT2D eigenvalue weighted by Gasteiger charge is 2.42. The fraction of sp³-hybridized carbons (Fsp3) is 0.143. The van der Waals surface area contributed by atoms with Gasteiger partial charge in [-0.3, -0.25) is 9.59 Å². The van der Waals surface area contributed by atoms with Crippen LogP contribution in [0, 0.1) is 0 Å². The second-order valence-corrected chi connectivity index (χ2v) is 8.56. The van der Waals surface area contributed by atoms with Crippen molar-refractivity contribution < 1.29 is 13.9 Å². The summed E-state index contributed by atoms with van der Waals surface area (Å²) in [5.74, 6) is 0.475. The van der Waals surface area contributed by atoms with Crippen LogP contribution in [0.1, 0.15) is 33.3 Å². The van der Waals surface area contributed by atoms with Crippen LogP contribution in [0.25, 0.3) is 11.0 Å². The summed E-state index contributed by atoms with van der Waals surface area (Å²) in [5.41, 5.74) is 2.35. The van der Waals surface area contributed by atoms with Gasteiger partial charge in [0.15, 0.2) is 5.43 Å². The van der Waals surface area contributed by atoms with E-state index in [4.69, 9.17) is 20.8 Å². The van der Waals surface area contributed by atoms with Gasteiger partial charge in [0, 0.05) is 11.6 Å². The molecule has 1 atom stereocenters. The zero-order valence-electron chi connectivity index (χ0n) is 18.4. The molecule has 0 aliphatic carbocycles. The van der Waals surface area contributed by atoms with Gasteiger partial charge in [0.25, 0.3) is 5.91 Å². The highest BCUT2D eigenvalue weighted by atomic mass is 35.5. The fourth-order valence-electron chi connectivity index (χ4n) is 4.37. The molecule has 34 heavy (non-hydrogen) atoms. The standard InChI is InChI=1S/C28H22ClNO4/c1-2-16-33-21-11-8-19(9-12-21)25-24-26(31)22-17-20(29)10-13-23(22)34-27(24)28(32)30(25)15-14-18-6-4-3-5-7-18/h2-13,17,25H,1,14-16H2. The predicted octanol–water partition coefficient (Wildman–Crippen LogP) is 5.80. The molecule has 4 aromatic rings. The zero-order valence-corrected chi connectivity index (χ0v) is 19.1. The van der Waals surface area contributed by atoms with Crippen molar-refractivity contribution in [3.05, 3.63) is 123 Å². The minimum Gasteiger partial charge on any atom is -0.490 e. The molecular weight excluding hydrogens is 450 g/mol. The summed E-state index contributed by atoms with van der Waals surface area (Å²) >= 11 is 6.15. The molecule has 3 aromatic carbocycles. The molecule has 0 spiro atoms. The van der Waals surface area contributed by atoms with Gasteiger partial charge >= 0.3 is 0 Å². The smallest absolute Gasteiger partial charge is 0.290 e. The van der Waals surface area contributed by atoms with E-state index in [1.807, 2.05) is 54.6 Å². The van der Waals surface area contributed by atoms with Gasteiger partial charge in [-0.1, -0.05) is 66.7 Å². The summed E-state index contributed by atoms with van der Waals surface area (Å²) in [5, 5.41) is 0.796. The number of benzene rings is 3. The topological polar surface area (TPSA) is 59.8 Å². The Morgan fingerprint density at radius 3 is 2.53 bits per heavy atom. The summed E-state index contributed by atoms with van der Waals surface area (Å²) in [6.45, 7) is 4.49. The van der Waals surface area contributed by atoms with Crippen LogP contribution in [0.2, 0.25) is 5.02 Å². The van der Waals surface area contributed by atoms with Gasteiger partial charge in [-0.15, -0.1) is 0 Å². The summed E-state index contributed by atoms with van der Waals surface area (Å²) in [4.78, 5) is 28.8. The monoisotopic (exact) mass is 471 g/mol. The molecule has 1 aliphatic heterocycles. The molecule has 1 aromatic heterocycles. The summed E-state index contributed by atoms with van der Waals surface area (Å²) in [6.07, 6.45) is 2.32. The predicted molar refractivity (Wildman–Crippen MR) is 133 cm³/mol. The van der Waals surface area contributed by atoms with Crippen molar-refractivity contribution in [3.8, 4) is 5.75 Å². The Bertz CT molecular complexity index is 1430. The number of carbonyl (C=O) groups is 1. The molecule has 0 fully saturated rings. The lowest BCUT2D eigenvalue weighted by Crippen LogP contribution is -2.31. The van der Waals surface area contributed by atoms with E-state index >= 15 is 0 Å². The summed E-state index contributed by atoms with van der Waals surface area (Å²) < 4.78 is 11.6. The number of amides is 1. The van der Waals surface area contributed by atoms with Crippen molar-refractivity contribution >= 4 is 28.5 Å². The molecule has 0 N–H and O–H groups in total. The van der Waals surface area contributed by atoms with E-state index in [9.17, 15) is 9.59 Å². The van der Waals surface area contributed by atoms with E-state index in [0.29, 0.717) is 46.9 Å². The molecule has 2 heterocycles. The maximum atomic E-state index is 13.6. The highest BCUT2D eigenvalue weighted by Crippen LogP contribution is 2.39. The molecule has 1 aliphatic rings. The normalized spacial score (nSPS) is 14.9. The number of halogens is 1. The molecule has 5 nitrogen and oxygen atoms in total. The largest absolute Gasteiger partial charge is 0.490 e. The lowest BCUT2D eigenvalue weighted by molar-refractivity contribution is 0.0730. The van der Waals surface area contributed by atoms with Crippen LogP contribution >= 0.6 is 11.6 Å². The molecule has 0 saturated heterocycles. The maximum Gasteiger partial charge on any atom is 0.290 e. The number of ether oxygens (including phenoxy) is 1. The average molecular weight is 472 g/mol. The van der Waals surface area contributed by atoms with Crippen LogP contribution in [0.5, 0.6) is 5.75 Å². The van der Waals surface area contributed by atoms with Gasteiger partial charge in [0.1, 0.15) is 17.9 Å². The third-order valence-electron chi connectivity index (χ3n) is 5.98. The van der Waals surface area contributed by atoms with E-state index in [-0.39, 0.29) is 17.1 Å². The van der Waals surface area contributed by atoms with Crippen LogP contribution in [-0.4, -0.2) is 24.0 Å². The minimum absolute atomic E-state index is 0.0878. The van der Waals surface area contributed by atoms with Crippen LogP contribution in [0.4, 0.5) is 0 Å². The van der Waals surface area contributed by atoms with Gasteiger partial charge < -0.3 is 14.1 Å². The SMILES string of the molecule is C=CCOc1ccc(C2c3c(oc4ccc(Cl)cc4c3=O)C(=O)N2CCc2ccccc2)cc1. The van der Waals surface area contributed by atoms with Gasteiger partial charge in [0.05, 0.1) is 17.0 Å². The quantitative estimate of drug-likeness (QED) is 0.320. The van der Waals surface area contributed by atoms with Crippen molar-refractivity contribution in [2.75, 3.05) is 13.2 Å². The number of rotatable bonds is 7. The number of carbonyl (C=O) groups excluding carboxylic acids is 1. The van der Waals surface area contributed by atoms with Gasteiger partial charge in [-0.2, -0.15) is 0 Å². The van der Waals surface area contributed by atoms with Crippen molar-refractivity contribution in [2.24, 2.45) is 0 Å². The van der Waals surface area contributed by atoms with Gasteiger partial charge in [-0.05, 0) is 47.9 Å². The van der Waals surface area contributed by atoms with Gasteiger partial charge in [-0.25, -0.2) is 0 Å². The van der Waals surface area contributed by atoms with Crippen LogP contribution in [0.15, 0.2) is 94.7 Å². The molecule has 1 unspecified atom stereocenters. The molecular formula is C28H22ClNO4. The average Bonchev–Trinajstić information content (AvgIpc) is 3.14. The minimum atomic E-state index is -0.570. The second kappa shape index (κ2) is 9.20. The lowest BCUT2D eigenvalue weighted by atomic mass is 9.98. The van der Waals surface area contributed by atoms with E-state index in [2.05, 4.69) is 6.58 Å². The van der Waals surface area contributed by atoms with Crippen molar-refractivity contribution in [1.82, 2.24) is 4.90 Å². The highest BCUT2D eigenvalue weighted by molar-refractivity contribution is 6.31. The summed E-state index contributed by atoms with van der Waals surface area (Å²) in [6, 6.07) is 21.6. The van der Waals surface area contributed by atoms with E-state index in [1.165, 1.54) is 0 Å². The number of nitrogens with zero attached hydrogens (tertiary/aromatic N) is 1. The zero-order chi connectivity index (χ0) is 23.7. The Labute approximate surface area is 201 Å². The Morgan fingerprint density at radius 1 is 1.03 bits per heavy atom. The van der Waals surface area contributed by atoms with Crippen LogP contribution < -0.4 is 10.2 Å². The number of fused-ring (bicyclic) bond motifs is 2. The molecule has 0 radical (unpaired) electrons. The Kier molecular flexibility index (Phi) is 5.95. The molecule has 0 bridgehead atoms. The first-order chi connectivity index (χ1) is 16.6. The molecule has 170 valence electrons. The first-order valence-corrected chi connectivity index (χ1v) is 11.4. The Hall–Kier alpha value is -3.83. The Morgan fingerprint density at radius 2 is 1.79 bits per heavy atom.